The van der Waals surface area contributed by atoms with Gasteiger partial charge >= 0.3 is 0 Å². The molecule has 0 spiro atoms. The number of hydrogen-bond acceptors (Lipinski definition) is 7. The first-order valence-corrected chi connectivity index (χ1v) is 17.8. The Bertz CT molecular complexity index is 1950. The summed E-state index contributed by atoms with van der Waals surface area (Å²) in [6.45, 7) is 6.88. The average molecular weight is 721 g/mol. The van der Waals surface area contributed by atoms with Gasteiger partial charge in [-0.25, -0.2) is 8.42 Å². The molecule has 0 unspecified atom stereocenters. The number of sulfonamides is 1. The van der Waals surface area contributed by atoms with Gasteiger partial charge in [0.1, 0.15) is 18.3 Å². The van der Waals surface area contributed by atoms with Gasteiger partial charge in [0.25, 0.3) is 15.7 Å². The summed E-state index contributed by atoms with van der Waals surface area (Å²) in [6.07, 6.45) is 0.153. The van der Waals surface area contributed by atoms with Crippen LogP contribution in [0.15, 0.2) is 95.9 Å². The predicted molar refractivity (Wildman–Crippen MR) is 194 cm³/mol. The second kappa shape index (κ2) is 16.6. The maximum absolute atomic E-state index is 14.8. The van der Waals surface area contributed by atoms with Crippen LogP contribution in [-0.4, -0.2) is 56.3 Å². The van der Waals surface area contributed by atoms with E-state index in [2.05, 4.69) is 5.32 Å². The van der Waals surface area contributed by atoms with Gasteiger partial charge < -0.3 is 15.0 Å². The largest absolute Gasteiger partial charge is 0.495 e. The minimum atomic E-state index is -4.67. The van der Waals surface area contributed by atoms with Crippen LogP contribution in [0.25, 0.3) is 0 Å². The highest BCUT2D eigenvalue weighted by atomic mass is 35.5. The molecule has 0 heterocycles. The van der Waals surface area contributed by atoms with Crippen molar-refractivity contribution < 1.29 is 27.7 Å². The highest BCUT2D eigenvalue weighted by molar-refractivity contribution is 7.92. The average Bonchev–Trinajstić information content (AvgIpc) is 3.08. The molecule has 13 heteroatoms. The number of hydrogen-bond donors (Lipinski definition) is 1. The molecule has 1 atom stereocenters. The van der Waals surface area contributed by atoms with E-state index in [-0.39, 0.29) is 40.9 Å². The highest BCUT2D eigenvalue weighted by Gasteiger charge is 2.36. The van der Waals surface area contributed by atoms with Gasteiger partial charge in [0, 0.05) is 36.2 Å². The fourth-order valence-corrected chi connectivity index (χ4v) is 7.00. The molecule has 2 amide bonds. The van der Waals surface area contributed by atoms with E-state index in [9.17, 15) is 28.1 Å². The van der Waals surface area contributed by atoms with E-state index in [1.807, 2.05) is 75.4 Å². The Morgan fingerprint density at radius 3 is 2.26 bits per heavy atom. The van der Waals surface area contributed by atoms with Crippen molar-refractivity contribution in [1.82, 2.24) is 10.2 Å². The quantitative estimate of drug-likeness (QED) is 0.110. The van der Waals surface area contributed by atoms with Crippen LogP contribution in [-0.2, 0) is 32.6 Å². The standard InChI is InChI=1S/C37H41ClN4O7S/c1-25(2)22-39-37(44)34(19-28-12-7-6-8-13-28)40(23-29-14-10-9-11-26(29)3)36(43)24-41(33-20-30(38)16-18-35(33)49-5)50(47,48)31-17-15-27(4)32(21-31)42(45)46/h6-18,20-21,25,34H,19,22-24H2,1-5H3,(H,39,44)/t34-/m0/s1. The zero-order chi connectivity index (χ0) is 36.6. The fraction of sp³-hybridized carbons (Fsp3) is 0.297. The summed E-state index contributed by atoms with van der Waals surface area (Å²) < 4.78 is 35.3. The zero-order valence-corrected chi connectivity index (χ0v) is 30.2. The molecule has 0 aliphatic heterocycles. The number of aryl methyl sites for hydroxylation is 2. The van der Waals surface area contributed by atoms with Crippen molar-refractivity contribution in [2.24, 2.45) is 5.92 Å². The van der Waals surface area contributed by atoms with E-state index in [1.54, 1.807) is 0 Å². The molecule has 11 nitrogen and oxygen atoms in total. The van der Waals surface area contributed by atoms with Crippen LogP contribution in [0.2, 0.25) is 5.02 Å². The monoisotopic (exact) mass is 720 g/mol. The van der Waals surface area contributed by atoms with E-state index in [0.29, 0.717) is 6.54 Å². The molecule has 0 radical (unpaired) electrons. The molecule has 264 valence electrons. The summed E-state index contributed by atoms with van der Waals surface area (Å²) in [5.41, 5.74) is 2.24. The van der Waals surface area contributed by atoms with E-state index < -0.39 is 49.9 Å². The predicted octanol–water partition coefficient (Wildman–Crippen LogP) is 6.48. The lowest BCUT2D eigenvalue weighted by atomic mass is 10.0. The fourth-order valence-electron chi connectivity index (χ4n) is 5.39. The minimum absolute atomic E-state index is 0.00528. The molecule has 0 saturated heterocycles. The molecule has 0 saturated carbocycles. The lowest BCUT2D eigenvalue weighted by Crippen LogP contribution is -2.53. The minimum Gasteiger partial charge on any atom is -0.495 e. The summed E-state index contributed by atoms with van der Waals surface area (Å²) in [5, 5.41) is 14.9. The second-order valence-corrected chi connectivity index (χ2v) is 14.6. The maximum atomic E-state index is 14.8. The number of nitro groups is 1. The number of nitrogens with one attached hydrogen (secondary N) is 1. The summed E-state index contributed by atoms with van der Waals surface area (Å²) in [5.74, 6) is -0.867. The van der Waals surface area contributed by atoms with Crippen molar-refractivity contribution in [3.8, 4) is 5.75 Å². The van der Waals surface area contributed by atoms with Crippen LogP contribution >= 0.6 is 11.6 Å². The number of amides is 2. The molecular weight excluding hydrogens is 680 g/mol. The van der Waals surface area contributed by atoms with E-state index in [1.165, 1.54) is 49.3 Å². The first-order valence-electron chi connectivity index (χ1n) is 16.0. The topological polar surface area (TPSA) is 139 Å². The van der Waals surface area contributed by atoms with Gasteiger partial charge in [-0.15, -0.1) is 0 Å². The van der Waals surface area contributed by atoms with E-state index in [0.717, 1.165) is 27.1 Å². The lowest BCUT2D eigenvalue weighted by molar-refractivity contribution is -0.385. The number of anilines is 1. The van der Waals surface area contributed by atoms with Crippen molar-refractivity contribution in [3.63, 3.8) is 0 Å². The number of halogens is 1. The number of ether oxygens (including phenoxy) is 1. The summed E-state index contributed by atoms with van der Waals surface area (Å²) in [6, 6.07) is 23.5. The number of nitro benzene ring substituents is 1. The number of carbonyl (C=O) groups is 2. The van der Waals surface area contributed by atoms with Gasteiger partial charge in [-0.1, -0.05) is 86.1 Å². The maximum Gasteiger partial charge on any atom is 0.273 e. The Morgan fingerprint density at radius 2 is 1.62 bits per heavy atom. The lowest BCUT2D eigenvalue weighted by Gasteiger charge is -2.34. The van der Waals surface area contributed by atoms with Crippen molar-refractivity contribution in [2.75, 3.05) is 24.5 Å². The van der Waals surface area contributed by atoms with Crippen LogP contribution < -0.4 is 14.4 Å². The molecule has 1 N–H and O–H groups in total. The zero-order valence-electron chi connectivity index (χ0n) is 28.6. The Balaban J connectivity index is 1.90. The molecular formula is C37H41ClN4O7S. The van der Waals surface area contributed by atoms with Crippen molar-refractivity contribution in [2.45, 2.75) is 51.6 Å². The van der Waals surface area contributed by atoms with Crippen LogP contribution in [0.5, 0.6) is 5.75 Å². The Hall–Kier alpha value is -4.94. The Labute approximate surface area is 298 Å². The number of carbonyl (C=O) groups excluding carboxylic acids is 2. The number of nitrogens with zero attached hydrogens (tertiary/aromatic N) is 3. The molecule has 0 aliphatic rings. The number of methoxy groups -OCH3 is 1. The third-order valence-electron chi connectivity index (χ3n) is 8.21. The smallest absolute Gasteiger partial charge is 0.273 e. The molecule has 4 aromatic rings. The van der Waals surface area contributed by atoms with Gasteiger partial charge in [0.05, 0.1) is 22.6 Å². The Morgan fingerprint density at radius 1 is 0.940 bits per heavy atom. The van der Waals surface area contributed by atoms with Gasteiger partial charge in [0.15, 0.2) is 0 Å². The summed E-state index contributed by atoms with van der Waals surface area (Å²) in [7, 11) is -3.33. The molecule has 0 aliphatic carbocycles. The summed E-state index contributed by atoms with van der Waals surface area (Å²) in [4.78, 5) is 40.9. The van der Waals surface area contributed by atoms with Gasteiger partial charge in [-0.05, 0) is 60.7 Å². The third-order valence-corrected chi connectivity index (χ3v) is 10.2. The van der Waals surface area contributed by atoms with Crippen LogP contribution in [0.3, 0.4) is 0 Å². The normalized spacial score (nSPS) is 11.9. The van der Waals surface area contributed by atoms with Crippen molar-refractivity contribution >= 4 is 44.8 Å². The molecule has 50 heavy (non-hydrogen) atoms. The second-order valence-electron chi connectivity index (χ2n) is 12.3. The first kappa shape index (κ1) is 37.9. The van der Waals surface area contributed by atoms with Crippen molar-refractivity contribution in [1.29, 1.82) is 0 Å². The van der Waals surface area contributed by atoms with Crippen LogP contribution in [0.4, 0.5) is 11.4 Å². The van der Waals surface area contributed by atoms with Crippen LogP contribution in [0, 0.1) is 29.9 Å². The van der Waals surface area contributed by atoms with E-state index in [4.69, 9.17) is 16.3 Å². The van der Waals surface area contributed by atoms with Crippen molar-refractivity contribution in [3.05, 3.63) is 128 Å². The van der Waals surface area contributed by atoms with E-state index >= 15 is 0 Å². The number of benzene rings is 4. The Kier molecular flexibility index (Phi) is 12.6. The van der Waals surface area contributed by atoms with Gasteiger partial charge in [-0.2, -0.15) is 0 Å². The number of rotatable bonds is 15. The molecule has 4 aromatic carbocycles. The third kappa shape index (κ3) is 9.19. The molecule has 0 aromatic heterocycles. The molecule has 4 rings (SSSR count). The van der Waals surface area contributed by atoms with Gasteiger partial charge in [0.2, 0.25) is 11.8 Å². The van der Waals surface area contributed by atoms with Crippen LogP contribution in [0.1, 0.15) is 36.1 Å². The highest BCUT2D eigenvalue weighted by Crippen LogP contribution is 2.36. The molecule has 0 bridgehead atoms. The first-order chi connectivity index (χ1) is 23.7. The van der Waals surface area contributed by atoms with Gasteiger partial charge in [-0.3, -0.25) is 24.0 Å². The summed E-state index contributed by atoms with van der Waals surface area (Å²) >= 11 is 6.35. The molecule has 0 fully saturated rings. The SMILES string of the molecule is COc1ccc(Cl)cc1N(CC(=O)N(Cc1ccccc1C)[C@@H](Cc1ccccc1)C(=O)NCC(C)C)S(=O)(=O)c1ccc(C)c([N+](=O)[O-])c1.